The second-order valence-electron chi connectivity index (χ2n) is 4.32. The van der Waals surface area contributed by atoms with Crippen molar-refractivity contribution in [2.24, 2.45) is 0 Å². The second kappa shape index (κ2) is 4.63. The number of aliphatic carboxylic acids is 1. The van der Waals surface area contributed by atoms with Crippen LogP contribution in [0.2, 0.25) is 0 Å². The molecule has 0 saturated carbocycles. The second-order valence-corrected chi connectivity index (χ2v) is 4.32. The Labute approximate surface area is 105 Å². The first-order valence-corrected chi connectivity index (χ1v) is 5.63. The Morgan fingerprint density at radius 3 is 1.94 bits per heavy atom. The summed E-state index contributed by atoms with van der Waals surface area (Å²) in [5.74, 6) is -1.25. The van der Waals surface area contributed by atoms with Gasteiger partial charge >= 0.3 is 5.97 Å². The maximum atomic E-state index is 10.9. The van der Waals surface area contributed by atoms with Crippen molar-refractivity contribution in [3.05, 3.63) is 60.2 Å². The molecule has 0 spiro atoms. The van der Waals surface area contributed by atoms with Crippen molar-refractivity contribution in [2.45, 2.75) is 12.5 Å². The average molecular weight is 242 g/mol. The molecular formula is C15H14O3. The maximum Gasteiger partial charge on any atom is 0.340 e. The van der Waals surface area contributed by atoms with Gasteiger partial charge in [-0.15, -0.1) is 0 Å². The molecule has 0 aromatic heterocycles. The number of hydrogen-bond donors (Lipinski definition) is 2. The number of hydrogen-bond acceptors (Lipinski definition) is 2. The van der Waals surface area contributed by atoms with E-state index in [4.69, 9.17) is 5.11 Å². The first-order valence-electron chi connectivity index (χ1n) is 5.63. The van der Waals surface area contributed by atoms with Crippen molar-refractivity contribution in [1.82, 2.24) is 0 Å². The van der Waals surface area contributed by atoms with E-state index in [2.05, 4.69) is 0 Å². The quantitative estimate of drug-likeness (QED) is 0.869. The summed E-state index contributed by atoms with van der Waals surface area (Å²) in [5, 5.41) is 18.8. The minimum atomic E-state index is -1.85. The van der Waals surface area contributed by atoms with E-state index >= 15 is 0 Å². The zero-order valence-corrected chi connectivity index (χ0v) is 10.00. The molecule has 0 fully saturated rings. The first kappa shape index (κ1) is 12.3. The van der Waals surface area contributed by atoms with Crippen LogP contribution in [-0.4, -0.2) is 16.2 Å². The summed E-state index contributed by atoms with van der Waals surface area (Å²) in [4.78, 5) is 10.9. The smallest absolute Gasteiger partial charge is 0.340 e. The summed E-state index contributed by atoms with van der Waals surface area (Å²) in [7, 11) is 0. The van der Waals surface area contributed by atoms with Gasteiger partial charge in [0.25, 0.3) is 0 Å². The van der Waals surface area contributed by atoms with Crippen molar-refractivity contribution in [2.75, 3.05) is 0 Å². The maximum absolute atomic E-state index is 10.9. The van der Waals surface area contributed by atoms with E-state index in [9.17, 15) is 9.90 Å². The average Bonchev–Trinajstić information content (AvgIpc) is 2.40. The third-order valence-electron chi connectivity index (χ3n) is 2.97. The van der Waals surface area contributed by atoms with Gasteiger partial charge in [0, 0.05) is 0 Å². The lowest BCUT2D eigenvalue weighted by atomic mass is 9.94. The number of carboxylic acid groups (broad SMARTS) is 1. The van der Waals surface area contributed by atoms with Gasteiger partial charge in [-0.2, -0.15) is 0 Å². The van der Waals surface area contributed by atoms with Crippen LogP contribution < -0.4 is 0 Å². The van der Waals surface area contributed by atoms with E-state index in [0.29, 0.717) is 5.56 Å². The molecule has 0 heterocycles. The van der Waals surface area contributed by atoms with Crippen LogP contribution >= 0.6 is 0 Å². The van der Waals surface area contributed by atoms with Crippen molar-refractivity contribution < 1.29 is 15.0 Å². The Balaban J connectivity index is 2.35. The molecule has 0 aliphatic carbocycles. The lowest BCUT2D eigenvalue weighted by Crippen LogP contribution is -2.31. The van der Waals surface area contributed by atoms with Crippen LogP contribution in [0, 0.1) is 0 Å². The monoisotopic (exact) mass is 242 g/mol. The van der Waals surface area contributed by atoms with E-state index in [1.807, 2.05) is 42.5 Å². The Hall–Kier alpha value is -2.13. The summed E-state index contributed by atoms with van der Waals surface area (Å²) < 4.78 is 0. The molecule has 0 aliphatic heterocycles. The topological polar surface area (TPSA) is 57.5 Å². The van der Waals surface area contributed by atoms with Gasteiger partial charge in [-0.25, -0.2) is 4.79 Å². The molecule has 2 rings (SSSR count). The first-order chi connectivity index (χ1) is 8.51. The fraction of sp³-hybridized carbons (Fsp3) is 0.133. The number of aliphatic hydroxyl groups is 1. The standard InChI is InChI=1S/C15H14O3/c1-15(18,14(16)17)13-9-7-12(8-10-13)11-5-3-2-4-6-11/h2-10,18H,1H3,(H,16,17)/t15-/m1/s1. The number of carbonyl (C=O) groups is 1. The largest absolute Gasteiger partial charge is 0.479 e. The molecule has 3 nitrogen and oxygen atoms in total. The summed E-state index contributed by atoms with van der Waals surface area (Å²) in [6.45, 7) is 1.27. The molecule has 92 valence electrons. The summed E-state index contributed by atoms with van der Waals surface area (Å²) in [5.41, 5.74) is 0.559. The molecular weight excluding hydrogens is 228 g/mol. The van der Waals surface area contributed by atoms with E-state index in [-0.39, 0.29) is 0 Å². The highest BCUT2D eigenvalue weighted by molar-refractivity contribution is 5.79. The Bertz CT molecular complexity index is 542. The van der Waals surface area contributed by atoms with E-state index in [1.54, 1.807) is 12.1 Å². The minimum Gasteiger partial charge on any atom is -0.479 e. The van der Waals surface area contributed by atoms with Crippen LogP contribution in [0.4, 0.5) is 0 Å². The van der Waals surface area contributed by atoms with E-state index < -0.39 is 11.6 Å². The van der Waals surface area contributed by atoms with Gasteiger partial charge in [0.15, 0.2) is 5.60 Å². The highest BCUT2D eigenvalue weighted by Gasteiger charge is 2.31. The highest BCUT2D eigenvalue weighted by atomic mass is 16.4. The number of benzene rings is 2. The van der Waals surface area contributed by atoms with Crippen LogP contribution in [-0.2, 0) is 10.4 Å². The molecule has 2 aromatic carbocycles. The van der Waals surface area contributed by atoms with Gasteiger partial charge in [-0.05, 0) is 23.6 Å². The summed E-state index contributed by atoms with van der Waals surface area (Å²) in [6.07, 6.45) is 0. The molecule has 0 aliphatic rings. The molecule has 0 radical (unpaired) electrons. The lowest BCUT2D eigenvalue weighted by molar-refractivity contribution is -0.157. The van der Waals surface area contributed by atoms with Crippen molar-refractivity contribution in [3.8, 4) is 11.1 Å². The fourth-order valence-electron chi connectivity index (χ4n) is 1.74. The minimum absolute atomic E-state index is 0.370. The molecule has 2 aromatic rings. The van der Waals surface area contributed by atoms with E-state index in [0.717, 1.165) is 11.1 Å². The zero-order valence-electron chi connectivity index (χ0n) is 10.00. The molecule has 1 atom stereocenters. The molecule has 0 saturated heterocycles. The van der Waals surface area contributed by atoms with Gasteiger partial charge in [0.1, 0.15) is 0 Å². The number of carboxylic acids is 1. The third kappa shape index (κ3) is 2.26. The third-order valence-corrected chi connectivity index (χ3v) is 2.97. The zero-order chi connectivity index (χ0) is 13.2. The van der Waals surface area contributed by atoms with Crippen LogP contribution in [0.25, 0.3) is 11.1 Å². The molecule has 0 bridgehead atoms. The predicted molar refractivity (Wildman–Crippen MR) is 69.1 cm³/mol. The Morgan fingerprint density at radius 2 is 1.44 bits per heavy atom. The molecule has 2 N–H and O–H groups in total. The van der Waals surface area contributed by atoms with Gasteiger partial charge in [-0.1, -0.05) is 54.6 Å². The lowest BCUT2D eigenvalue weighted by Gasteiger charge is -2.18. The predicted octanol–water partition coefficient (Wildman–Crippen LogP) is 2.65. The highest BCUT2D eigenvalue weighted by Crippen LogP contribution is 2.25. The van der Waals surface area contributed by atoms with Crippen molar-refractivity contribution in [1.29, 1.82) is 0 Å². The molecule has 0 unspecified atom stereocenters. The van der Waals surface area contributed by atoms with Crippen LogP contribution in [0.5, 0.6) is 0 Å². The summed E-state index contributed by atoms with van der Waals surface area (Å²) >= 11 is 0. The summed E-state index contributed by atoms with van der Waals surface area (Å²) in [6, 6.07) is 16.7. The van der Waals surface area contributed by atoms with Gasteiger partial charge in [0.05, 0.1) is 0 Å². The SMILES string of the molecule is C[C@](O)(C(=O)O)c1ccc(-c2ccccc2)cc1. The van der Waals surface area contributed by atoms with Crippen molar-refractivity contribution >= 4 is 5.97 Å². The molecule has 0 amide bonds. The van der Waals surface area contributed by atoms with Crippen LogP contribution in [0.15, 0.2) is 54.6 Å². The van der Waals surface area contributed by atoms with Crippen LogP contribution in [0.1, 0.15) is 12.5 Å². The Morgan fingerprint density at radius 1 is 0.944 bits per heavy atom. The van der Waals surface area contributed by atoms with Gasteiger partial charge in [-0.3, -0.25) is 0 Å². The number of rotatable bonds is 3. The molecule has 18 heavy (non-hydrogen) atoms. The normalized spacial score (nSPS) is 13.9. The van der Waals surface area contributed by atoms with E-state index in [1.165, 1.54) is 6.92 Å². The van der Waals surface area contributed by atoms with Gasteiger partial charge in [0.2, 0.25) is 0 Å². The fourth-order valence-corrected chi connectivity index (χ4v) is 1.74. The molecule has 3 heteroatoms. The Kier molecular flexibility index (Phi) is 3.17. The van der Waals surface area contributed by atoms with Gasteiger partial charge < -0.3 is 10.2 Å². The van der Waals surface area contributed by atoms with Crippen LogP contribution in [0.3, 0.4) is 0 Å². The van der Waals surface area contributed by atoms with Crippen molar-refractivity contribution in [3.63, 3.8) is 0 Å².